The van der Waals surface area contributed by atoms with Gasteiger partial charge >= 0.3 is 0 Å². The summed E-state index contributed by atoms with van der Waals surface area (Å²) in [6.45, 7) is 9.71. The number of hydrogen-bond donors (Lipinski definition) is 0. The van der Waals surface area contributed by atoms with Crippen LogP contribution in [-0.4, -0.2) is 0 Å². The molecule has 9 aromatic rings. The van der Waals surface area contributed by atoms with Crippen molar-refractivity contribution in [2.75, 3.05) is 0 Å². The number of fused-ring (bicyclic) bond motifs is 9. The summed E-state index contributed by atoms with van der Waals surface area (Å²) in [6, 6.07) is 65.5. The first kappa shape index (κ1) is 38.7. The first-order chi connectivity index (χ1) is 31.2. The number of benzene rings is 8. The minimum Gasteiger partial charge on any atom is -0.455 e. The van der Waals surface area contributed by atoms with Gasteiger partial charge in [-0.2, -0.15) is 0 Å². The van der Waals surface area contributed by atoms with E-state index in [1.807, 2.05) is 0 Å². The number of hydrogen-bond acceptors (Lipinski definition) is 1. The van der Waals surface area contributed by atoms with Crippen LogP contribution in [0.5, 0.6) is 0 Å². The summed E-state index contributed by atoms with van der Waals surface area (Å²) in [4.78, 5) is 0. The Morgan fingerprint density at radius 2 is 1.16 bits per heavy atom. The number of rotatable bonds is 8. The second kappa shape index (κ2) is 14.8. The van der Waals surface area contributed by atoms with Gasteiger partial charge in [0.25, 0.3) is 0 Å². The highest BCUT2D eigenvalue weighted by atomic mass is 16.3. The molecule has 0 aliphatic heterocycles. The Morgan fingerprint density at radius 1 is 0.516 bits per heavy atom. The standard InChI is InChI=1S/C63H52O/c1-62(2)55-23-14-20-48(43-17-9-6-10-18-43)60(55)54-39-57-53(38-58(54)62)50-36-26-40(37-56(50)63(57,3)4)25-35-47(44-29-27-42(28-30-44)41-15-7-5-8-16-41)45-31-33-46(34-32-45)49-21-13-22-52-51-19-11-12-24-59(51)64-61(49)52/h5-24,26-31,33-34,36-39,45,47H,25,32,35H2,1-4H3. The first-order valence-electron chi connectivity index (χ1n) is 23.2. The highest BCUT2D eigenvalue weighted by Gasteiger charge is 2.42. The Bertz CT molecular complexity index is 3340. The van der Waals surface area contributed by atoms with Gasteiger partial charge in [-0.25, -0.2) is 0 Å². The molecule has 0 saturated carbocycles. The molecule has 0 fully saturated rings. The minimum atomic E-state index is -0.118. The zero-order valence-electron chi connectivity index (χ0n) is 37.2. The van der Waals surface area contributed by atoms with E-state index in [-0.39, 0.29) is 10.8 Å². The van der Waals surface area contributed by atoms with E-state index in [0.717, 1.165) is 30.4 Å². The Kier molecular flexibility index (Phi) is 8.96. The van der Waals surface area contributed by atoms with E-state index in [9.17, 15) is 0 Å². The van der Waals surface area contributed by atoms with Crippen LogP contribution < -0.4 is 0 Å². The summed E-state index contributed by atoms with van der Waals surface area (Å²) in [5, 5.41) is 2.35. The van der Waals surface area contributed by atoms with Crippen molar-refractivity contribution < 1.29 is 4.42 Å². The van der Waals surface area contributed by atoms with Crippen LogP contribution in [0, 0.1) is 5.92 Å². The highest BCUT2D eigenvalue weighted by Crippen LogP contribution is 2.58. The maximum Gasteiger partial charge on any atom is 0.143 e. The fourth-order valence-electron chi connectivity index (χ4n) is 11.7. The molecule has 1 aromatic heterocycles. The monoisotopic (exact) mass is 824 g/mol. The summed E-state index contributed by atoms with van der Waals surface area (Å²) >= 11 is 0. The minimum absolute atomic E-state index is 0.0874. The molecule has 0 spiro atoms. The van der Waals surface area contributed by atoms with Crippen molar-refractivity contribution in [3.63, 3.8) is 0 Å². The van der Waals surface area contributed by atoms with E-state index in [2.05, 4.69) is 222 Å². The summed E-state index contributed by atoms with van der Waals surface area (Å²) in [5.74, 6) is 0.745. The van der Waals surface area contributed by atoms with Gasteiger partial charge in [-0.15, -0.1) is 0 Å². The van der Waals surface area contributed by atoms with Crippen LogP contribution in [0.2, 0.25) is 0 Å². The van der Waals surface area contributed by atoms with Gasteiger partial charge in [0, 0.05) is 27.2 Å². The molecule has 0 amide bonds. The zero-order chi connectivity index (χ0) is 43.2. The molecule has 0 N–H and O–H groups in total. The molecule has 1 heteroatoms. The van der Waals surface area contributed by atoms with Crippen LogP contribution in [0.15, 0.2) is 199 Å². The van der Waals surface area contributed by atoms with Crippen LogP contribution in [0.25, 0.3) is 72.0 Å². The zero-order valence-corrected chi connectivity index (χ0v) is 37.2. The van der Waals surface area contributed by atoms with E-state index in [1.54, 1.807) is 0 Å². The fourth-order valence-corrected chi connectivity index (χ4v) is 11.7. The van der Waals surface area contributed by atoms with E-state index in [0.29, 0.717) is 11.8 Å². The molecule has 2 unspecified atom stereocenters. The fraction of sp³-hybridized carbons (Fsp3) is 0.175. The topological polar surface area (TPSA) is 13.1 Å². The largest absolute Gasteiger partial charge is 0.455 e. The lowest BCUT2D eigenvalue weighted by atomic mass is 9.76. The molecule has 1 heterocycles. The van der Waals surface area contributed by atoms with Crippen LogP contribution >= 0.6 is 0 Å². The molecule has 8 aromatic carbocycles. The van der Waals surface area contributed by atoms with Crippen molar-refractivity contribution >= 4 is 27.5 Å². The van der Waals surface area contributed by atoms with Gasteiger partial charge in [-0.1, -0.05) is 204 Å². The van der Waals surface area contributed by atoms with Gasteiger partial charge in [0.05, 0.1) is 0 Å². The van der Waals surface area contributed by atoms with E-state index < -0.39 is 0 Å². The second-order valence-electron chi connectivity index (χ2n) is 19.5. The van der Waals surface area contributed by atoms with Crippen LogP contribution in [0.4, 0.5) is 0 Å². The molecule has 12 rings (SSSR count). The Hall–Kier alpha value is -6.96. The Labute approximate surface area is 377 Å². The summed E-state index contributed by atoms with van der Waals surface area (Å²) in [5.41, 5.74) is 23.4. The lowest BCUT2D eigenvalue weighted by Gasteiger charge is -2.28. The number of furan rings is 1. The molecule has 0 saturated heterocycles. The molecule has 0 bridgehead atoms. The third-order valence-corrected chi connectivity index (χ3v) is 15.2. The maximum absolute atomic E-state index is 6.47. The average molecular weight is 825 g/mol. The summed E-state index contributed by atoms with van der Waals surface area (Å²) in [7, 11) is 0. The smallest absolute Gasteiger partial charge is 0.143 e. The SMILES string of the molecule is CC1(C)c2cc(CCC(c3ccc(-c4ccccc4)cc3)C3C=CC(c4cccc5c4oc4ccccc45)=CC3)ccc2-c2cc3c(cc21)-c1c(-c2ccccc2)cccc1C3(C)C. The summed E-state index contributed by atoms with van der Waals surface area (Å²) in [6.07, 6.45) is 10.4. The predicted molar refractivity (Wildman–Crippen MR) is 269 cm³/mol. The molecule has 2 atom stereocenters. The summed E-state index contributed by atoms with van der Waals surface area (Å²) < 4.78 is 6.47. The van der Waals surface area contributed by atoms with Gasteiger partial charge in [-0.05, 0) is 133 Å². The maximum atomic E-state index is 6.47. The van der Waals surface area contributed by atoms with Crippen molar-refractivity contribution in [2.24, 2.45) is 5.92 Å². The van der Waals surface area contributed by atoms with Crippen molar-refractivity contribution in [3.05, 3.63) is 233 Å². The molecular weight excluding hydrogens is 773 g/mol. The van der Waals surface area contributed by atoms with Gasteiger partial charge in [0.2, 0.25) is 0 Å². The third-order valence-electron chi connectivity index (χ3n) is 15.2. The van der Waals surface area contributed by atoms with Crippen molar-refractivity contribution in [1.82, 2.24) is 0 Å². The lowest BCUT2D eigenvalue weighted by Crippen LogP contribution is -2.17. The van der Waals surface area contributed by atoms with Crippen LogP contribution in [-0.2, 0) is 17.3 Å². The van der Waals surface area contributed by atoms with Crippen LogP contribution in [0.1, 0.15) is 85.4 Å². The quantitative estimate of drug-likeness (QED) is 0.149. The number of aryl methyl sites for hydroxylation is 1. The van der Waals surface area contributed by atoms with Gasteiger partial charge in [-0.3, -0.25) is 0 Å². The van der Waals surface area contributed by atoms with E-state index in [1.165, 1.54) is 99.8 Å². The third kappa shape index (κ3) is 6.12. The molecule has 0 radical (unpaired) electrons. The van der Waals surface area contributed by atoms with Crippen molar-refractivity contribution in [3.8, 4) is 44.5 Å². The highest BCUT2D eigenvalue weighted by molar-refractivity contribution is 6.08. The van der Waals surface area contributed by atoms with Gasteiger partial charge in [0.1, 0.15) is 11.2 Å². The predicted octanol–water partition coefficient (Wildman–Crippen LogP) is 16.9. The van der Waals surface area contributed by atoms with Crippen molar-refractivity contribution in [1.29, 1.82) is 0 Å². The van der Waals surface area contributed by atoms with E-state index in [4.69, 9.17) is 4.42 Å². The number of allylic oxidation sites excluding steroid dienone is 4. The van der Waals surface area contributed by atoms with E-state index >= 15 is 0 Å². The first-order valence-corrected chi connectivity index (χ1v) is 23.2. The lowest BCUT2D eigenvalue weighted by molar-refractivity contribution is 0.478. The molecule has 3 aliphatic rings. The molecule has 310 valence electrons. The Balaban J connectivity index is 0.862. The average Bonchev–Trinajstić information content (AvgIpc) is 3.91. The molecule has 64 heavy (non-hydrogen) atoms. The molecule has 1 nitrogen and oxygen atoms in total. The number of para-hydroxylation sites is 2. The van der Waals surface area contributed by atoms with Crippen LogP contribution in [0.3, 0.4) is 0 Å². The second-order valence-corrected chi connectivity index (χ2v) is 19.5. The molecular formula is C63H52O. The Morgan fingerprint density at radius 3 is 1.94 bits per heavy atom. The normalized spacial score (nSPS) is 16.9. The molecule has 3 aliphatic carbocycles. The van der Waals surface area contributed by atoms with Crippen molar-refractivity contribution in [2.45, 2.75) is 63.7 Å². The van der Waals surface area contributed by atoms with Gasteiger partial charge < -0.3 is 4.42 Å². The van der Waals surface area contributed by atoms with Gasteiger partial charge in [0.15, 0.2) is 0 Å².